The highest BCUT2D eigenvalue weighted by molar-refractivity contribution is 5.33. The lowest BCUT2D eigenvalue weighted by molar-refractivity contribution is 0.241. The number of para-hydroxylation sites is 1. The summed E-state index contributed by atoms with van der Waals surface area (Å²) in [5, 5.41) is 3.97. The summed E-state index contributed by atoms with van der Waals surface area (Å²) in [5.41, 5.74) is 1.19. The maximum Gasteiger partial charge on any atom is 0.264 e. The lowest BCUT2D eigenvalue weighted by atomic mass is 10.1. The Bertz CT molecular complexity index is 532. The van der Waals surface area contributed by atoms with E-state index in [1.54, 1.807) is 0 Å². The Morgan fingerprint density at radius 2 is 2.17 bits per heavy atom. The second-order valence-electron chi connectivity index (χ2n) is 4.57. The molecule has 1 aromatic heterocycles. The highest BCUT2D eigenvalue weighted by Gasteiger charge is 2.28. The second-order valence-corrected chi connectivity index (χ2v) is 4.57. The van der Waals surface area contributed by atoms with Crippen molar-refractivity contribution in [3.63, 3.8) is 0 Å². The van der Waals surface area contributed by atoms with Gasteiger partial charge in [0.05, 0.1) is 0 Å². The van der Waals surface area contributed by atoms with Crippen molar-refractivity contribution < 1.29 is 9.26 Å². The molecule has 0 N–H and O–H groups in total. The van der Waals surface area contributed by atoms with Crippen LogP contribution in [0.15, 0.2) is 28.8 Å². The quantitative estimate of drug-likeness (QED) is 0.811. The van der Waals surface area contributed by atoms with E-state index in [9.17, 15) is 0 Å². The summed E-state index contributed by atoms with van der Waals surface area (Å²) in [6, 6.07) is 8.03. The van der Waals surface area contributed by atoms with E-state index < -0.39 is 0 Å². The van der Waals surface area contributed by atoms with Crippen molar-refractivity contribution in [1.29, 1.82) is 0 Å². The average Bonchev–Trinajstić information content (AvgIpc) is 3.16. The van der Waals surface area contributed by atoms with Crippen LogP contribution in [0.4, 0.5) is 0 Å². The molecular formula is C14H16N2O2. The molecule has 3 rings (SSSR count). The van der Waals surface area contributed by atoms with Gasteiger partial charge in [-0.25, -0.2) is 0 Å². The van der Waals surface area contributed by atoms with Crippen LogP contribution in [0.3, 0.4) is 0 Å². The molecule has 1 aliphatic carbocycles. The molecule has 0 radical (unpaired) electrons. The number of rotatable bonds is 5. The van der Waals surface area contributed by atoms with E-state index in [-0.39, 0.29) is 0 Å². The van der Waals surface area contributed by atoms with E-state index in [1.165, 1.54) is 18.4 Å². The standard InChI is InChI=1S/C14H16N2O2/c1-2-10-5-3-4-6-12(10)17-9-13-15-14(16-18-13)11-7-8-11/h3-6,11H,2,7-9H2,1H3. The van der Waals surface area contributed by atoms with Gasteiger partial charge in [0.25, 0.3) is 5.89 Å². The number of benzene rings is 1. The zero-order valence-electron chi connectivity index (χ0n) is 10.4. The minimum Gasteiger partial charge on any atom is -0.483 e. The van der Waals surface area contributed by atoms with Crippen LogP contribution >= 0.6 is 0 Å². The lowest BCUT2D eigenvalue weighted by Crippen LogP contribution is -1.98. The molecule has 18 heavy (non-hydrogen) atoms. The van der Waals surface area contributed by atoms with Gasteiger partial charge in [0.2, 0.25) is 0 Å². The fourth-order valence-corrected chi connectivity index (χ4v) is 1.91. The first-order chi connectivity index (χ1) is 8.86. The molecule has 4 nitrogen and oxygen atoms in total. The Morgan fingerprint density at radius 1 is 1.33 bits per heavy atom. The largest absolute Gasteiger partial charge is 0.483 e. The van der Waals surface area contributed by atoms with E-state index in [0.29, 0.717) is 18.4 Å². The normalized spacial score (nSPS) is 14.7. The zero-order chi connectivity index (χ0) is 12.4. The smallest absolute Gasteiger partial charge is 0.264 e. The van der Waals surface area contributed by atoms with Crippen LogP contribution in [0.5, 0.6) is 5.75 Å². The van der Waals surface area contributed by atoms with Gasteiger partial charge in [-0.15, -0.1) is 0 Å². The maximum absolute atomic E-state index is 5.73. The van der Waals surface area contributed by atoms with E-state index in [0.717, 1.165) is 18.0 Å². The first-order valence-electron chi connectivity index (χ1n) is 6.40. The van der Waals surface area contributed by atoms with Crippen molar-refractivity contribution in [2.24, 2.45) is 0 Å². The van der Waals surface area contributed by atoms with E-state index in [2.05, 4.69) is 23.1 Å². The highest BCUT2D eigenvalue weighted by atomic mass is 16.5. The molecule has 0 unspecified atom stereocenters. The molecule has 0 spiro atoms. The second kappa shape index (κ2) is 4.80. The van der Waals surface area contributed by atoms with E-state index in [4.69, 9.17) is 9.26 Å². The summed E-state index contributed by atoms with van der Waals surface area (Å²) in [6.07, 6.45) is 3.31. The average molecular weight is 244 g/mol. The minimum atomic E-state index is 0.344. The Hall–Kier alpha value is -1.84. The topological polar surface area (TPSA) is 48.2 Å². The van der Waals surface area contributed by atoms with Crippen LogP contribution in [0, 0.1) is 0 Å². The number of nitrogens with zero attached hydrogens (tertiary/aromatic N) is 2. The molecule has 1 aliphatic rings. The SMILES string of the molecule is CCc1ccccc1OCc1nc(C2CC2)no1. The Balaban J connectivity index is 1.65. The van der Waals surface area contributed by atoms with E-state index in [1.807, 2.05) is 18.2 Å². The third kappa shape index (κ3) is 2.37. The van der Waals surface area contributed by atoms with Crippen LogP contribution in [0.1, 0.15) is 43.0 Å². The molecule has 1 fully saturated rings. The third-order valence-corrected chi connectivity index (χ3v) is 3.13. The number of ether oxygens (including phenoxy) is 1. The number of hydrogen-bond acceptors (Lipinski definition) is 4. The third-order valence-electron chi connectivity index (χ3n) is 3.13. The van der Waals surface area contributed by atoms with Crippen molar-refractivity contribution >= 4 is 0 Å². The van der Waals surface area contributed by atoms with Crippen LogP contribution < -0.4 is 4.74 Å². The minimum absolute atomic E-state index is 0.344. The van der Waals surface area contributed by atoms with Crippen molar-refractivity contribution in [2.45, 2.75) is 38.7 Å². The first-order valence-corrected chi connectivity index (χ1v) is 6.40. The van der Waals surface area contributed by atoms with Crippen LogP contribution in [-0.4, -0.2) is 10.1 Å². The summed E-state index contributed by atoms with van der Waals surface area (Å²) in [6.45, 7) is 2.46. The van der Waals surface area contributed by atoms with Crippen molar-refractivity contribution in [3.8, 4) is 5.75 Å². The van der Waals surface area contributed by atoms with Crippen LogP contribution in [0.25, 0.3) is 0 Å². The number of hydrogen-bond donors (Lipinski definition) is 0. The van der Waals surface area contributed by atoms with Gasteiger partial charge in [-0.05, 0) is 30.9 Å². The van der Waals surface area contributed by atoms with Gasteiger partial charge >= 0.3 is 0 Å². The summed E-state index contributed by atoms with van der Waals surface area (Å²) in [7, 11) is 0. The predicted molar refractivity (Wildman–Crippen MR) is 66.4 cm³/mol. The first kappa shape index (κ1) is 11.3. The molecule has 0 aliphatic heterocycles. The molecule has 0 bridgehead atoms. The van der Waals surface area contributed by atoms with E-state index >= 15 is 0 Å². The Labute approximate surface area is 106 Å². The van der Waals surface area contributed by atoms with Gasteiger partial charge in [0.1, 0.15) is 5.75 Å². The highest BCUT2D eigenvalue weighted by Crippen LogP contribution is 2.38. The zero-order valence-corrected chi connectivity index (χ0v) is 10.4. The number of aromatic nitrogens is 2. The lowest BCUT2D eigenvalue weighted by Gasteiger charge is -2.07. The summed E-state index contributed by atoms with van der Waals surface area (Å²) < 4.78 is 10.9. The van der Waals surface area contributed by atoms with Gasteiger partial charge in [-0.2, -0.15) is 4.98 Å². The summed E-state index contributed by atoms with van der Waals surface area (Å²) >= 11 is 0. The molecule has 0 amide bonds. The van der Waals surface area contributed by atoms with Crippen molar-refractivity contribution in [2.75, 3.05) is 0 Å². The fraction of sp³-hybridized carbons (Fsp3) is 0.429. The molecule has 1 heterocycles. The van der Waals surface area contributed by atoms with Crippen molar-refractivity contribution in [3.05, 3.63) is 41.5 Å². The van der Waals surface area contributed by atoms with Gasteiger partial charge in [0.15, 0.2) is 12.4 Å². The van der Waals surface area contributed by atoms with Crippen LogP contribution in [-0.2, 0) is 13.0 Å². The Morgan fingerprint density at radius 3 is 2.94 bits per heavy atom. The molecule has 0 saturated heterocycles. The number of aryl methyl sites for hydroxylation is 1. The fourth-order valence-electron chi connectivity index (χ4n) is 1.91. The van der Waals surface area contributed by atoms with Gasteiger partial charge in [0, 0.05) is 5.92 Å². The van der Waals surface area contributed by atoms with Gasteiger partial charge in [-0.3, -0.25) is 0 Å². The molecule has 1 saturated carbocycles. The van der Waals surface area contributed by atoms with Crippen LogP contribution in [0.2, 0.25) is 0 Å². The molecule has 0 atom stereocenters. The summed E-state index contributed by atoms with van der Waals surface area (Å²) in [4.78, 5) is 4.34. The van der Waals surface area contributed by atoms with Crippen molar-refractivity contribution in [1.82, 2.24) is 10.1 Å². The molecule has 2 aromatic rings. The Kier molecular flexibility index (Phi) is 3.00. The molecule has 1 aromatic carbocycles. The molecule has 94 valence electrons. The summed E-state index contributed by atoms with van der Waals surface area (Å²) in [5.74, 6) is 2.80. The van der Waals surface area contributed by atoms with Gasteiger partial charge in [-0.1, -0.05) is 30.3 Å². The molecule has 4 heteroatoms. The molecular weight excluding hydrogens is 228 g/mol. The predicted octanol–water partition coefficient (Wildman–Crippen LogP) is 3.09. The maximum atomic E-state index is 5.73. The van der Waals surface area contributed by atoms with Gasteiger partial charge < -0.3 is 9.26 Å². The monoisotopic (exact) mass is 244 g/mol.